The van der Waals surface area contributed by atoms with Crippen LogP contribution in [0.3, 0.4) is 0 Å². The molecular formula is C16H12Cl2N2O. The lowest BCUT2D eigenvalue weighted by Crippen LogP contribution is -1.99. The number of benzene rings is 2. The maximum Gasteiger partial charge on any atom is 0.323 e. The lowest BCUT2D eigenvalue weighted by atomic mass is 9.96. The molecule has 0 unspecified atom stereocenters. The van der Waals surface area contributed by atoms with Crippen LogP contribution in [0.5, 0.6) is 0 Å². The zero-order valence-electron chi connectivity index (χ0n) is 11.0. The smallest absolute Gasteiger partial charge is 0.306 e. The third-order valence-electron chi connectivity index (χ3n) is 3.93. The predicted molar refractivity (Wildman–Crippen MR) is 86.4 cm³/mol. The van der Waals surface area contributed by atoms with E-state index in [1.54, 1.807) is 0 Å². The van der Waals surface area contributed by atoms with Gasteiger partial charge in [0, 0.05) is 10.6 Å². The molecule has 0 spiro atoms. The van der Waals surface area contributed by atoms with E-state index >= 15 is 0 Å². The number of nitrogens with one attached hydrogen (secondary N) is 2. The van der Waals surface area contributed by atoms with Gasteiger partial charge in [0.2, 0.25) is 0 Å². The molecule has 1 fully saturated rings. The number of imidazole rings is 1. The van der Waals surface area contributed by atoms with Gasteiger partial charge in [0.15, 0.2) is 0 Å². The number of rotatable bonds is 2. The Balaban J connectivity index is 2.00. The number of hydrogen-bond acceptors (Lipinski definition) is 1. The molecule has 1 aliphatic rings. The normalized spacial score (nSPS) is 14.8. The van der Waals surface area contributed by atoms with Crippen molar-refractivity contribution < 1.29 is 0 Å². The lowest BCUT2D eigenvalue weighted by Gasteiger charge is -2.12. The van der Waals surface area contributed by atoms with Gasteiger partial charge in [0.05, 0.1) is 16.1 Å². The Morgan fingerprint density at radius 1 is 1.05 bits per heavy atom. The molecule has 0 radical (unpaired) electrons. The second-order valence-corrected chi connectivity index (χ2v) is 6.25. The van der Waals surface area contributed by atoms with Crippen LogP contribution in [-0.2, 0) is 0 Å². The number of H-pyrrole nitrogens is 2. The molecule has 1 heterocycles. The Morgan fingerprint density at radius 3 is 2.62 bits per heavy atom. The van der Waals surface area contributed by atoms with Crippen LogP contribution in [0.1, 0.15) is 24.3 Å². The third-order valence-corrected chi connectivity index (χ3v) is 4.54. The molecule has 0 amide bonds. The number of fused-ring (bicyclic) bond motifs is 1. The first-order chi connectivity index (χ1) is 10.1. The highest BCUT2D eigenvalue weighted by atomic mass is 35.5. The van der Waals surface area contributed by atoms with Gasteiger partial charge in [-0.05, 0) is 48.1 Å². The molecule has 21 heavy (non-hydrogen) atoms. The minimum Gasteiger partial charge on any atom is -0.306 e. The largest absolute Gasteiger partial charge is 0.323 e. The standard InChI is InChI=1S/C16H12Cl2N2O/c17-11-3-1-2-10(8-4-5-8)14(11)9-6-12(18)15-13(7-9)19-16(21)20-15/h1-3,6-8H,4-5H2,(H2,19,20,21). The highest BCUT2D eigenvalue weighted by Crippen LogP contribution is 2.47. The summed E-state index contributed by atoms with van der Waals surface area (Å²) in [7, 11) is 0. The van der Waals surface area contributed by atoms with Crippen molar-refractivity contribution in [3.05, 3.63) is 56.4 Å². The molecule has 106 valence electrons. The highest BCUT2D eigenvalue weighted by Gasteiger charge is 2.27. The molecule has 0 aliphatic heterocycles. The summed E-state index contributed by atoms with van der Waals surface area (Å²) in [6.45, 7) is 0. The molecule has 2 aromatic carbocycles. The van der Waals surface area contributed by atoms with E-state index in [9.17, 15) is 4.79 Å². The molecule has 5 heteroatoms. The Kier molecular flexibility index (Phi) is 2.88. The van der Waals surface area contributed by atoms with E-state index < -0.39 is 0 Å². The zero-order valence-corrected chi connectivity index (χ0v) is 12.6. The molecule has 1 aromatic heterocycles. The minimum absolute atomic E-state index is 0.259. The van der Waals surface area contributed by atoms with Crippen molar-refractivity contribution in [3.8, 4) is 11.1 Å². The second-order valence-electron chi connectivity index (χ2n) is 5.44. The quantitative estimate of drug-likeness (QED) is 0.706. The van der Waals surface area contributed by atoms with Crippen molar-refractivity contribution in [1.29, 1.82) is 0 Å². The van der Waals surface area contributed by atoms with Crippen molar-refractivity contribution in [2.45, 2.75) is 18.8 Å². The average Bonchev–Trinajstić information content (AvgIpc) is 3.21. The minimum atomic E-state index is -0.259. The van der Waals surface area contributed by atoms with Crippen LogP contribution < -0.4 is 5.69 Å². The van der Waals surface area contributed by atoms with Crippen molar-refractivity contribution in [1.82, 2.24) is 9.97 Å². The van der Waals surface area contributed by atoms with Crippen LogP contribution in [0.25, 0.3) is 22.2 Å². The summed E-state index contributed by atoms with van der Waals surface area (Å²) in [5, 5.41) is 1.23. The molecule has 3 nitrogen and oxygen atoms in total. The predicted octanol–water partition coefficient (Wildman–Crippen LogP) is 4.71. The first-order valence-electron chi connectivity index (χ1n) is 6.84. The van der Waals surface area contributed by atoms with E-state index in [1.807, 2.05) is 24.3 Å². The number of aromatic nitrogens is 2. The topological polar surface area (TPSA) is 48.6 Å². The fourth-order valence-electron chi connectivity index (χ4n) is 2.82. The van der Waals surface area contributed by atoms with E-state index in [-0.39, 0.29) is 5.69 Å². The average molecular weight is 319 g/mol. The van der Waals surface area contributed by atoms with Crippen LogP contribution in [0.4, 0.5) is 0 Å². The number of aromatic amines is 2. The summed E-state index contributed by atoms with van der Waals surface area (Å²) >= 11 is 12.7. The van der Waals surface area contributed by atoms with Crippen LogP contribution in [0.15, 0.2) is 35.1 Å². The van der Waals surface area contributed by atoms with Gasteiger partial charge in [-0.1, -0.05) is 35.3 Å². The van der Waals surface area contributed by atoms with E-state index in [1.165, 1.54) is 18.4 Å². The zero-order chi connectivity index (χ0) is 14.6. The van der Waals surface area contributed by atoms with Gasteiger partial charge in [0.1, 0.15) is 0 Å². The van der Waals surface area contributed by atoms with Crippen LogP contribution >= 0.6 is 23.2 Å². The number of halogens is 2. The summed E-state index contributed by atoms with van der Waals surface area (Å²) in [6.07, 6.45) is 2.40. The molecule has 1 aliphatic carbocycles. The van der Waals surface area contributed by atoms with E-state index in [4.69, 9.17) is 23.2 Å². The summed E-state index contributed by atoms with van der Waals surface area (Å²) in [6, 6.07) is 9.78. The van der Waals surface area contributed by atoms with Gasteiger partial charge in [-0.3, -0.25) is 0 Å². The Labute approximate surface area is 130 Å². The summed E-state index contributed by atoms with van der Waals surface area (Å²) in [5.74, 6) is 0.582. The lowest BCUT2D eigenvalue weighted by molar-refractivity contribution is 1.13. The Hall–Kier alpha value is -1.71. The van der Waals surface area contributed by atoms with Gasteiger partial charge in [-0.25, -0.2) is 4.79 Å². The summed E-state index contributed by atoms with van der Waals surface area (Å²) in [4.78, 5) is 16.9. The maximum absolute atomic E-state index is 11.4. The summed E-state index contributed by atoms with van der Waals surface area (Å²) < 4.78 is 0. The third kappa shape index (κ3) is 2.17. The van der Waals surface area contributed by atoms with Crippen LogP contribution in [-0.4, -0.2) is 9.97 Å². The van der Waals surface area contributed by atoms with E-state index in [0.717, 1.165) is 11.1 Å². The fourth-order valence-corrected chi connectivity index (χ4v) is 3.38. The SMILES string of the molecule is O=c1[nH]c2cc(-c3c(Cl)cccc3C3CC3)cc(Cl)c2[nH]1. The van der Waals surface area contributed by atoms with E-state index in [2.05, 4.69) is 16.0 Å². The highest BCUT2D eigenvalue weighted by molar-refractivity contribution is 6.36. The van der Waals surface area contributed by atoms with Crippen molar-refractivity contribution in [3.63, 3.8) is 0 Å². The Bertz CT molecular complexity index is 906. The van der Waals surface area contributed by atoms with Gasteiger partial charge in [0.25, 0.3) is 0 Å². The first kappa shape index (κ1) is 13.0. The number of hydrogen-bond donors (Lipinski definition) is 2. The maximum atomic E-state index is 11.4. The van der Waals surface area contributed by atoms with Gasteiger partial charge >= 0.3 is 5.69 Å². The van der Waals surface area contributed by atoms with Crippen molar-refractivity contribution in [2.75, 3.05) is 0 Å². The van der Waals surface area contributed by atoms with Gasteiger partial charge in [-0.15, -0.1) is 0 Å². The molecule has 0 bridgehead atoms. The Morgan fingerprint density at radius 2 is 1.86 bits per heavy atom. The molecule has 0 atom stereocenters. The molecule has 3 aromatic rings. The molecule has 4 rings (SSSR count). The van der Waals surface area contributed by atoms with Gasteiger partial charge < -0.3 is 9.97 Å². The van der Waals surface area contributed by atoms with Crippen molar-refractivity contribution >= 4 is 34.2 Å². The van der Waals surface area contributed by atoms with Crippen LogP contribution in [0.2, 0.25) is 10.0 Å². The van der Waals surface area contributed by atoms with Crippen LogP contribution in [0, 0.1) is 0 Å². The first-order valence-corrected chi connectivity index (χ1v) is 7.59. The van der Waals surface area contributed by atoms with Gasteiger partial charge in [-0.2, -0.15) is 0 Å². The fraction of sp³-hybridized carbons (Fsp3) is 0.188. The molecule has 2 N–H and O–H groups in total. The monoisotopic (exact) mass is 318 g/mol. The molecule has 0 saturated heterocycles. The molecular weight excluding hydrogens is 307 g/mol. The van der Waals surface area contributed by atoms with E-state index in [0.29, 0.717) is 27.0 Å². The molecule has 1 saturated carbocycles. The van der Waals surface area contributed by atoms with Crippen molar-refractivity contribution in [2.24, 2.45) is 0 Å². The summed E-state index contributed by atoms with van der Waals surface area (Å²) in [5.41, 5.74) is 4.29. The second kappa shape index (κ2) is 4.65.